The number of hydrogen-bond donors (Lipinski definition) is 1. The molecule has 2 aliphatic rings. The maximum Gasteiger partial charge on any atom is 0.417 e. The Morgan fingerprint density at radius 1 is 1.17 bits per heavy atom. The third kappa shape index (κ3) is 4.76. The molecular weight excluding hydrogens is 467 g/mol. The number of likely N-dealkylation sites (tertiary alicyclic amines) is 1. The van der Waals surface area contributed by atoms with Crippen molar-refractivity contribution in [3.8, 4) is 17.2 Å². The number of benzene rings is 1. The molecule has 0 radical (unpaired) electrons. The zero-order valence-corrected chi connectivity index (χ0v) is 19.6. The van der Waals surface area contributed by atoms with Gasteiger partial charge in [0.05, 0.1) is 17.2 Å². The minimum atomic E-state index is -4.44. The van der Waals surface area contributed by atoms with Gasteiger partial charge in [-0.05, 0) is 67.5 Å². The minimum Gasteiger partial charge on any atom is -0.368 e. The third-order valence-corrected chi connectivity index (χ3v) is 7.00. The summed E-state index contributed by atoms with van der Waals surface area (Å²) in [6.07, 6.45) is -0.704. The molecule has 2 fully saturated rings. The Morgan fingerprint density at radius 3 is 2.53 bits per heavy atom. The van der Waals surface area contributed by atoms with Gasteiger partial charge in [-0.1, -0.05) is 18.2 Å². The summed E-state index contributed by atoms with van der Waals surface area (Å²) < 4.78 is 38.5. The molecule has 3 aromatic rings. The van der Waals surface area contributed by atoms with E-state index in [1.165, 1.54) is 6.07 Å². The van der Waals surface area contributed by atoms with E-state index >= 15 is 0 Å². The van der Waals surface area contributed by atoms with E-state index in [0.717, 1.165) is 42.8 Å². The van der Waals surface area contributed by atoms with Crippen molar-refractivity contribution in [3.63, 3.8) is 0 Å². The van der Waals surface area contributed by atoms with Gasteiger partial charge in [0.1, 0.15) is 11.5 Å². The van der Waals surface area contributed by atoms with E-state index in [4.69, 9.17) is 5.26 Å². The van der Waals surface area contributed by atoms with Gasteiger partial charge in [0.15, 0.2) is 0 Å². The summed E-state index contributed by atoms with van der Waals surface area (Å²) in [6, 6.07) is 15.0. The van der Waals surface area contributed by atoms with Gasteiger partial charge in [0.2, 0.25) is 0 Å². The van der Waals surface area contributed by atoms with Gasteiger partial charge in [0.25, 0.3) is 5.91 Å². The van der Waals surface area contributed by atoms with E-state index in [1.54, 1.807) is 12.1 Å². The fourth-order valence-corrected chi connectivity index (χ4v) is 4.83. The molecule has 1 saturated heterocycles. The first-order valence-electron chi connectivity index (χ1n) is 11.7. The van der Waals surface area contributed by atoms with Crippen molar-refractivity contribution in [2.45, 2.75) is 38.4 Å². The van der Waals surface area contributed by atoms with Crippen molar-refractivity contribution in [1.82, 2.24) is 14.9 Å². The number of amides is 1. The van der Waals surface area contributed by atoms with E-state index in [2.05, 4.69) is 21.4 Å². The summed E-state index contributed by atoms with van der Waals surface area (Å²) >= 11 is 0. The van der Waals surface area contributed by atoms with E-state index in [1.807, 2.05) is 36.1 Å². The van der Waals surface area contributed by atoms with E-state index < -0.39 is 11.7 Å². The van der Waals surface area contributed by atoms with Crippen LogP contribution in [0.1, 0.15) is 46.6 Å². The lowest BCUT2D eigenvalue weighted by Crippen LogP contribution is -2.40. The van der Waals surface area contributed by atoms with Gasteiger partial charge < -0.3 is 10.2 Å². The molecule has 1 saturated carbocycles. The van der Waals surface area contributed by atoms with Crippen LogP contribution in [-0.2, 0) is 6.18 Å². The van der Waals surface area contributed by atoms with Crippen LogP contribution in [0.25, 0.3) is 11.1 Å². The Labute approximate surface area is 206 Å². The molecule has 1 atom stereocenters. The van der Waals surface area contributed by atoms with Crippen LogP contribution in [0.15, 0.2) is 54.7 Å². The molecule has 3 heterocycles. The lowest BCUT2D eigenvalue weighted by atomic mass is 10.0. The first-order chi connectivity index (χ1) is 17.2. The predicted molar refractivity (Wildman–Crippen MR) is 128 cm³/mol. The molecule has 1 spiro atoms. The number of nitrogens with zero attached hydrogens (tertiary/aromatic N) is 4. The number of halogens is 3. The normalized spacial score (nSPS) is 18.2. The van der Waals surface area contributed by atoms with Crippen LogP contribution < -0.4 is 5.32 Å². The molecule has 1 unspecified atom stereocenters. The van der Waals surface area contributed by atoms with Crippen molar-refractivity contribution in [1.29, 1.82) is 5.26 Å². The molecule has 9 heteroatoms. The fraction of sp³-hybridized carbons (Fsp3) is 0.333. The number of anilines is 1. The Kier molecular flexibility index (Phi) is 5.91. The zero-order chi connectivity index (χ0) is 25.5. The minimum absolute atomic E-state index is 0.105. The van der Waals surface area contributed by atoms with Gasteiger partial charge in [-0.15, -0.1) is 0 Å². The molecule has 1 aliphatic carbocycles. The first-order valence-corrected chi connectivity index (χ1v) is 11.7. The molecule has 1 aromatic carbocycles. The van der Waals surface area contributed by atoms with Crippen LogP contribution in [-0.4, -0.2) is 39.9 Å². The molecule has 6 nitrogen and oxygen atoms in total. The number of rotatable bonds is 5. The number of nitrogens with one attached hydrogen (secondary N) is 1. The molecule has 36 heavy (non-hydrogen) atoms. The average molecular weight is 492 g/mol. The third-order valence-electron chi connectivity index (χ3n) is 7.00. The number of aromatic nitrogens is 2. The Balaban J connectivity index is 1.38. The first kappa shape index (κ1) is 23.8. The second-order valence-electron chi connectivity index (χ2n) is 9.64. The van der Waals surface area contributed by atoms with Gasteiger partial charge in [-0.25, -0.2) is 9.97 Å². The highest BCUT2D eigenvalue weighted by Gasteiger charge is 2.53. The summed E-state index contributed by atoms with van der Waals surface area (Å²) in [4.78, 5) is 24.2. The summed E-state index contributed by atoms with van der Waals surface area (Å²) in [7, 11) is 0. The molecule has 1 amide bonds. The maximum atomic E-state index is 13.9. The second kappa shape index (κ2) is 8.94. The van der Waals surface area contributed by atoms with Gasteiger partial charge in [-0.2, -0.15) is 18.4 Å². The van der Waals surface area contributed by atoms with Gasteiger partial charge >= 0.3 is 6.18 Å². The lowest BCUT2D eigenvalue weighted by Gasteiger charge is -2.26. The molecular formula is C27H24F3N5O. The number of hydrogen-bond acceptors (Lipinski definition) is 5. The topological polar surface area (TPSA) is 81.9 Å². The highest BCUT2D eigenvalue weighted by molar-refractivity contribution is 5.99. The highest BCUT2D eigenvalue weighted by atomic mass is 19.4. The Bertz CT molecular complexity index is 1330. The summed E-state index contributed by atoms with van der Waals surface area (Å²) in [5.41, 5.74) is 2.41. The van der Waals surface area contributed by atoms with Crippen LogP contribution >= 0.6 is 0 Å². The van der Waals surface area contributed by atoms with Crippen molar-refractivity contribution in [3.05, 3.63) is 77.2 Å². The molecule has 5 rings (SSSR count). The number of pyridine rings is 2. The summed E-state index contributed by atoms with van der Waals surface area (Å²) in [5, 5.41) is 12.2. The van der Waals surface area contributed by atoms with E-state index in [0.29, 0.717) is 35.7 Å². The summed E-state index contributed by atoms with van der Waals surface area (Å²) in [6.45, 7) is 2.84. The molecule has 184 valence electrons. The standard InChI is InChI=1S/C27H24F3N5O/c1-17-2-8-22(19-5-3-18(13-31)4-6-19)24(34-17)25(36)35-16-26(10-11-26)12-21(35)15-33-23-9-7-20(14-32-23)27(28,29)30/h2-9,14,21H,10-12,15-16H2,1H3,(H,32,33). The number of alkyl halides is 3. The van der Waals surface area contributed by atoms with E-state index in [9.17, 15) is 18.0 Å². The van der Waals surface area contributed by atoms with Crippen molar-refractivity contribution in [2.75, 3.05) is 18.4 Å². The molecule has 2 aromatic heterocycles. The largest absolute Gasteiger partial charge is 0.417 e. The van der Waals surface area contributed by atoms with Crippen molar-refractivity contribution in [2.24, 2.45) is 5.41 Å². The molecule has 1 aliphatic heterocycles. The number of nitriles is 1. The monoisotopic (exact) mass is 491 g/mol. The van der Waals surface area contributed by atoms with Gasteiger partial charge in [0, 0.05) is 36.6 Å². The summed E-state index contributed by atoms with van der Waals surface area (Å²) in [5.74, 6) is 0.160. The van der Waals surface area contributed by atoms with Crippen molar-refractivity contribution < 1.29 is 18.0 Å². The van der Waals surface area contributed by atoms with Crippen LogP contribution in [0.3, 0.4) is 0 Å². The van der Waals surface area contributed by atoms with Crippen LogP contribution in [0.4, 0.5) is 19.0 Å². The van der Waals surface area contributed by atoms with Gasteiger partial charge in [-0.3, -0.25) is 4.79 Å². The zero-order valence-electron chi connectivity index (χ0n) is 19.6. The number of carbonyl (C=O) groups excluding carboxylic acids is 1. The SMILES string of the molecule is Cc1ccc(-c2ccc(C#N)cc2)c(C(=O)N2CC3(CC3)CC2CNc2ccc(C(F)(F)F)cn2)n1. The molecule has 1 N–H and O–H groups in total. The van der Waals surface area contributed by atoms with Crippen molar-refractivity contribution >= 4 is 11.7 Å². The second-order valence-corrected chi connectivity index (χ2v) is 9.64. The predicted octanol–water partition coefficient (Wildman–Crippen LogP) is 5.45. The lowest BCUT2D eigenvalue weighted by molar-refractivity contribution is -0.137. The smallest absolute Gasteiger partial charge is 0.368 e. The number of aryl methyl sites for hydroxylation is 1. The van der Waals surface area contributed by atoms with E-state index in [-0.39, 0.29) is 17.4 Å². The highest BCUT2D eigenvalue weighted by Crippen LogP contribution is 2.55. The Hall–Kier alpha value is -3.93. The fourth-order valence-electron chi connectivity index (χ4n) is 4.83. The number of carbonyl (C=O) groups is 1. The maximum absolute atomic E-state index is 13.9. The molecule has 0 bridgehead atoms. The van der Waals surface area contributed by atoms with Crippen LogP contribution in [0, 0.1) is 23.7 Å². The average Bonchev–Trinajstić information content (AvgIpc) is 3.53. The van der Waals surface area contributed by atoms with Crippen LogP contribution in [0.5, 0.6) is 0 Å². The van der Waals surface area contributed by atoms with Crippen LogP contribution in [0.2, 0.25) is 0 Å². The Morgan fingerprint density at radius 2 is 1.92 bits per heavy atom. The quantitative estimate of drug-likeness (QED) is 0.513.